The first-order chi connectivity index (χ1) is 10.3. The van der Waals surface area contributed by atoms with Crippen molar-refractivity contribution in [3.05, 3.63) is 71.3 Å². The molecule has 2 unspecified atom stereocenters. The van der Waals surface area contributed by atoms with Crippen LogP contribution >= 0.6 is 0 Å². The molecule has 112 valence electrons. The lowest BCUT2D eigenvalue weighted by molar-refractivity contribution is 0.541. The standard InChI is InChI=1S/C20H27N/c1-3-7-17-10-12-18(13-11-17)16(2)20(14-15-21)19-8-5-4-6-9-19/h4-6,8-13,16,20H,3,7,14-15,21H2,1-2H3. The lowest BCUT2D eigenvalue weighted by atomic mass is 9.80. The summed E-state index contributed by atoms with van der Waals surface area (Å²) in [5.41, 5.74) is 10.1. The Morgan fingerprint density at radius 1 is 0.905 bits per heavy atom. The molecule has 0 radical (unpaired) electrons. The molecular formula is C20H27N. The average Bonchev–Trinajstić information content (AvgIpc) is 2.54. The van der Waals surface area contributed by atoms with E-state index in [1.165, 1.54) is 29.5 Å². The smallest absolute Gasteiger partial charge is 0.00712 e. The summed E-state index contributed by atoms with van der Waals surface area (Å²) >= 11 is 0. The Morgan fingerprint density at radius 2 is 1.57 bits per heavy atom. The van der Waals surface area contributed by atoms with Gasteiger partial charge >= 0.3 is 0 Å². The van der Waals surface area contributed by atoms with Crippen LogP contribution in [0.15, 0.2) is 54.6 Å². The van der Waals surface area contributed by atoms with Crippen LogP contribution in [-0.2, 0) is 6.42 Å². The molecule has 0 spiro atoms. The van der Waals surface area contributed by atoms with E-state index in [0.717, 1.165) is 13.0 Å². The van der Waals surface area contributed by atoms with Gasteiger partial charge in [0.15, 0.2) is 0 Å². The van der Waals surface area contributed by atoms with E-state index in [4.69, 9.17) is 5.73 Å². The quantitative estimate of drug-likeness (QED) is 0.769. The van der Waals surface area contributed by atoms with Crippen molar-refractivity contribution in [3.63, 3.8) is 0 Å². The van der Waals surface area contributed by atoms with Gasteiger partial charge in [0.2, 0.25) is 0 Å². The highest BCUT2D eigenvalue weighted by atomic mass is 14.5. The summed E-state index contributed by atoms with van der Waals surface area (Å²) < 4.78 is 0. The van der Waals surface area contributed by atoms with Gasteiger partial charge in [-0.25, -0.2) is 0 Å². The zero-order valence-electron chi connectivity index (χ0n) is 13.3. The second-order valence-corrected chi connectivity index (χ2v) is 5.87. The van der Waals surface area contributed by atoms with Crippen LogP contribution in [0.5, 0.6) is 0 Å². The molecule has 2 atom stereocenters. The minimum absolute atomic E-state index is 0.492. The van der Waals surface area contributed by atoms with Gasteiger partial charge in [-0.3, -0.25) is 0 Å². The third-order valence-corrected chi connectivity index (χ3v) is 4.35. The Kier molecular flexibility index (Phi) is 6.01. The van der Waals surface area contributed by atoms with Crippen molar-refractivity contribution < 1.29 is 0 Å². The molecule has 2 aromatic carbocycles. The van der Waals surface area contributed by atoms with E-state index in [0.29, 0.717) is 11.8 Å². The maximum Gasteiger partial charge on any atom is -0.00712 e. The van der Waals surface area contributed by atoms with E-state index in [2.05, 4.69) is 68.4 Å². The van der Waals surface area contributed by atoms with Crippen LogP contribution in [0.2, 0.25) is 0 Å². The molecule has 1 nitrogen and oxygen atoms in total. The van der Waals surface area contributed by atoms with E-state index in [1.807, 2.05) is 0 Å². The summed E-state index contributed by atoms with van der Waals surface area (Å²) in [5, 5.41) is 0. The van der Waals surface area contributed by atoms with E-state index in [-0.39, 0.29) is 0 Å². The fourth-order valence-electron chi connectivity index (χ4n) is 3.09. The van der Waals surface area contributed by atoms with E-state index < -0.39 is 0 Å². The minimum atomic E-state index is 0.492. The van der Waals surface area contributed by atoms with Gasteiger partial charge in [-0.1, -0.05) is 74.9 Å². The highest BCUT2D eigenvalue weighted by molar-refractivity contribution is 5.30. The second-order valence-electron chi connectivity index (χ2n) is 5.87. The molecule has 0 aliphatic heterocycles. The molecule has 0 heterocycles. The zero-order valence-corrected chi connectivity index (χ0v) is 13.3. The molecular weight excluding hydrogens is 254 g/mol. The van der Waals surface area contributed by atoms with Gasteiger partial charge in [0, 0.05) is 0 Å². The zero-order chi connectivity index (χ0) is 15.1. The van der Waals surface area contributed by atoms with Gasteiger partial charge in [-0.2, -0.15) is 0 Å². The average molecular weight is 281 g/mol. The number of hydrogen-bond acceptors (Lipinski definition) is 1. The molecule has 0 aromatic heterocycles. The van der Waals surface area contributed by atoms with Gasteiger partial charge in [0.1, 0.15) is 0 Å². The number of aryl methyl sites for hydroxylation is 1. The Bertz CT molecular complexity index is 515. The van der Waals surface area contributed by atoms with Crippen molar-refractivity contribution >= 4 is 0 Å². The van der Waals surface area contributed by atoms with Crippen molar-refractivity contribution in [1.82, 2.24) is 0 Å². The summed E-state index contributed by atoms with van der Waals surface area (Å²) in [6, 6.07) is 19.9. The highest BCUT2D eigenvalue weighted by Crippen LogP contribution is 2.35. The highest BCUT2D eigenvalue weighted by Gasteiger charge is 2.20. The molecule has 0 aliphatic rings. The molecule has 0 fully saturated rings. The summed E-state index contributed by atoms with van der Waals surface area (Å²) in [6.45, 7) is 5.28. The van der Waals surface area contributed by atoms with Gasteiger partial charge in [-0.05, 0) is 47.9 Å². The molecule has 2 aromatic rings. The largest absolute Gasteiger partial charge is 0.330 e. The van der Waals surface area contributed by atoms with Crippen LogP contribution in [0.1, 0.15) is 55.2 Å². The van der Waals surface area contributed by atoms with Gasteiger partial charge < -0.3 is 5.73 Å². The second kappa shape index (κ2) is 7.99. The van der Waals surface area contributed by atoms with Crippen LogP contribution in [0.25, 0.3) is 0 Å². The van der Waals surface area contributed by atoms with Crippen LogP contribution in [0.4, 0.5) is 0 Å². The molecule has 2 rings (SSSR count). The Hall–Kier alpha value is -1.60. The van der Waals surface area contributed by atoms with Crippen molar-refractivity contribution in [1.29, 1.82) is 0 Å². The van der Waals surface area contributed by atoms with Crippen LogP contribution in [0.3, 0.4) is 0 Å². The maximum atomic E-state index is 5.85. The van der Waals surface area contributed by atoms with Gasteiger partial charge in [0.05, 0.1) is 0 Å². The summed E-state index contributed by atoms with van der Waals surface area (Å²) in [4.78, 5) is 0. The minimum Gasteiger partial charge on any atom is -0.330 e. The van der Waals surface area contributed by atoms with Crippen LogP contribution in [0, 0.1) is 0 Å². The number of nitrogens with two attached hydrogens (primary N) is 1. The van der Waals surface area contributed by atoms with E-state index >= 15 is 0 Å². The fourth-order valence-corrected chi connectivity index (χ4v) is 3.09. The van der Waals surface area contributed by atoms with Crippen LogP contribution in [-0.4, -0.2) is 6.54 Å². The van der Waals surface area contributed by atoms with Gasteiger partial charge in [0.25, 0.3) is 0 Å². The molecule has 21 heavy (non-hydrogen) atoms. The molecule has 2 N–H and O–H groups in total. The summed E-state index contributed by atoms with van der Waals surface area (Å²) in [7, 11) is 0. The lowest BCUT2D eigenvalue weighted by Gasteiger charge is -2.25. The Labute approximate surface area is 129 Å². The predicted octanol–water partition coefficient (Wildman–Crippen LogP) is 4.88. The number of rotatable bonds is 7. The Morgan fingerprint density at radius 3 is 2.14 bits per heavy atom. The van der Waals surface area contributed by atoms with Gasteiger partial charge in [-0.15, -0.1) is 0 Å². The third kappa shape index (κ3) is 4.18. The first kappa shape index (κ1) is 15.8. The first-order valence-electron chi connectivity index (χ1n) is 8.10. The SMILES string of the molecule is CCCc1ccc(C(C)C(CCN)c2ccccc2)cc1. The van der Waals surface area contributed by atoms with Crippen molar-refractivity contribution in [2.45, 2.75) is 44.9 Å². The fraction of sp³-hybridized carbons (Fsp3) is 0.400. The first-order valence-corrected chi connectivity index (χ1v) is 8.10. The normalized spacial score (nSPS) is 13.9. The molecule has 0 saturated heterocycles. The van der Waals surface area contributed by atoms with Crippen LogP contribution < -0.4 is 5.73 Å². The van der Waals surface area contributed by atoms with Crippen molar-refractivity contribution in [2.24, 2.45) is 5.73 Å². The van der Waals surface area contributed by atoms with E-state index in [1.54, 1.807) is 0 Å². The maximum absolute atomic E-state index is 5.85. The molecule has 1 heteroatoms. The van der Waals surface area contributed by atoms with E-state index in [9.17, 15) is 0 Å². The van der Waals surface area contributed by atoms with Crippen molar-refractivity contribution in [2.75, 3.05) is 6.54 Å². The molecule has 0 amide bonds. The number of benzene rings is 2. The third-order valence-electron chi connectivity index (χ3n) is 4.35. The van der Waals surface area contributed by atoms with Crippen molar-refractivity contribution in [3.8, 4) is 0 Å². The molecule has 0 aliphatic carbocycles. The topological polar surface area (TPSA) is 26.0 Å². The summed E-state index contributed by atoms with van der Waals surface area (Å²) in [5.74, 6) is 0.986. The Balaban J connectivity index is 2.19. The molecule has 0 saturated carbocycles. The molecule has 0 bridgehead atoms. The number of hydrogen-bond donors (Lipinski definition) is 1. The monoisotopic (exact) mass is 281 g/mol. The predicted molar refractivity (Wildman–Crippen MR) is 91.7 cm³/mol. The summed E-state index contributed by atoms with van der Waals surface area (Å²) in [6.07, 6.45) is 3.40. The lowest BCUT2D eigenvalue weighted by Crippen LogP contribution is -2.13.